The van der Waals surface area contributed by atoms with Crippen LogP contribution in [0.15, 0.2) is 59.1 Å². The fraction of sp³-hybridized carbons (Fsp3) is 0.125. The second-order valence-corrected chi connectivity index (χ2v) is 4.79. The van der Waals surface area contributed by atoms with E-state index in [0.717, 1.165) is 15.8 Å². The zero-order valence-electron chi connectivity index (χ0n) is 10.3. The first-order chi connectivity index (χ1) is 8.81. The summed E-state index contributed by atoms with van der Waals surface area (Å²) in [5, 5.41) is 0. The molecule has 18 heavy (non-hydrogen) atoms. The van der Waals surface area contributed by atoms with Crippen LogP contribution in [0.4, 0.5) is 0 Å². The molecule has 2 heteroatoms. The number of hydrogen-bond donors (Lipinski definition) is 0. The topological polar surface area (TPSA) is 9.23 Å². The molecular formula is C16H15BrO. The van der Waals surface area contributed by atoms with Crippen molar-refractivity contribution >= 4 is 22.0 Å². The van der Waals surface area contributed by atoms with Crippen molar-refractivity contribution < 1.29 is 4.74 Å². The van der Waals surface area contributed by atoms with Crippen molar-refractivity contribution in [3.8, 4) is 5.75 Å². The molecule has 92 valence electrons. The molecule has 0 N–H and O–H groups in total. The first-order valence-electron chi connectivity index (χ1n) is 5.89. The van der Waals surface area contributed by atoms with Crippen LogP contribution in [0.2, 0.25) is 0 Å². The Kier molecular flexibility index (Phi) is 4.59. The molecule has 0 bridgehead atoms. The average Bonchev–Trinajstić information content (AvgIpc) is 2.40. The largest absolute Gasteiger partial charge is 0.487 e. The Morgan fingerprint density at radius 2 is 1.83 bits per heavy atom. The lowest BCUT2D eigenvalue weighted by Crippen LogP contribution is -1.97. The molecule has 0 aromatic heterocycles. The van der Waals surface area contributed by atoms with Crippen LogP contribution in [0.25, 0.3) is 6.08 Å². The van der Waals surface area contributed by atoms with Gasteiger partial charge < -0.3 is 4.74 Å². The van der Waals surface area contributed by atoms with Crippen LogP contribution in [0, 0.1) is 0 Å². The summed E-state index contributed by atoms with van der Waals surface area (Å²) in [6.07, 6.45) is 4.06. The minimum Gasteiger partial charge on any atom is -0.487 e. The Labute approximate surface area is 116 Å². The summed E-state index contributed by atoms with van der Waals surface area (Å²) >= 11 is 3.53. The van der Waals surface area contributed by atoms with Gasteiger partial charge in [-0.05, 0) is 34.5 Å². The van der Waals surface area contributed by atoms with E-state index < -0.39 is 0 Å². The van der Waals surface area contributed by atoms with Gasteiger partial charge in [0.25, 0.3) is 0 Å². The molecule has 0 amide bonds. The second-order valence-electron chi connectivity index (χ2n) is 3.93. The monoisotopic (exact) mass is 302 g/mol. The van der Waals surface area contributed by atoms with Crippen LogP contribution in [-0.4, -0.2) is 0 Å². The third-order valence-electron chi connectivity index (χ3n) is 2.57. The summed E-state index contributed by atoms with van der Waals surface area (Å²) in [5.41, 5.74) is 2.25. The molecule has 0 unspecified atom stereocenters. The highest BCUT2D eigenvalue weighted by molar-refractivity contribution is 9.10. The molecule has 0 atom stereocenters. The van der Waals surface area contributed by atoms with Gasteiger partial charge in [-0.1, -0.05) is 54.6 Å². The summed E-state index contributed by atoms with van der Waals surface area (Å²) in [7, 11) is 0. The van der Waals surface area contributed by atoms with Crippen LogP contribution in [0.5, 0.6) is 5.75 Å². The molecule has 0 saturated carbocycles. The number of allylic oxidation sites excluding steroid dienone is 1. The van der Waals surface area contributed by atoms with E-state index in [0.29, 0.717) is 6.61 Å². The predicted octanol–water partition coefficient (Wildman–Crippen LogP) is 5.06. The van der Waals surface area contributed by atoms with Crippen molar-refractivity contribution in [3.63, 3.8) is 0 Å². The van der Waals surface area contributed by atoms with Gasteiger partial charge in [0, 0.05) is 5.56 Å². The molecule has 0 aliphatic rings. The van der Waals surface area contributed by atoms with Gasteiger partial charge in [0.1, 0.15) is 12.4 Å². The molecule has 1 nitrogen and oxygen atoms in total. The SMILES string of the molecule is CC=Cc1cccc(Br)c1OCc1ccccc1. The van der Waals surface area contributed by atoms with Crippen molar-refractivity contribution in [2.24, 2.45) is 0 Å². The Hall–Kier alpha value is -1.54. The van der Waals surface area contributed by atoms with Gasteiger partial charge in [0.05, 0.1) is 4.47 Å². The molecule has 2 rings (SSSR count). The highest BCUT2D eigenvalue weighted by atomic mass is 79.9. The molecule has 2 aromatic rings. The molecule has 0 heterocycles. The third-order valence-corrected chi connectivity index (χ3v) is 3.19. The van der Waals surface area contributed by atoms with Crippen LogP contribution in [-0.2, 0) is 6.61 Å². The van der Waals surface area contributed by atoms with E-state index in [1.807, 2.05) is 55.5 Å². The zero-order chi connectivity index (χ0) is 12.8. The van der Waals surface area contributed by atoms with Crippen molar-refractivity contribution in [3.05, 3.63) is 70.2 Å². The van der Waals surface area contributed by atoms with Crippen LogP contribution in [0.3, 0.4) is 0 Å². The number of rotatable bonds is 4. The highest BCUT2D eigenvalue weighted by Gasteiger charge is 2.05. The minimum absolute atomic E-state index is 0.577. The van der Waals surface area contributed by atoms with Gasteiger partial charge in [-0.25, -0.2) is 0 Å². The average molecular weight is 303 g/mol. The molecule has 2 aromatic carbocycles. The maximum absolute atomic E-state index is 5.91. The molecule has 0 aliphatic heterocycles. The summed E-state index contributed by atoms with van der Waals surface area (Å²) in [6.45, 7) is 2.58. The molecule has 0 fully saturated rings. The maximum Gasteiger partial charge on any atom is 0.141 e. The van der Waals surface area contributed by atoms with E-state index >= 15 is 0 Å². The van der Waals surface area contributed by atoms with E-state index in [1.54, 1.807) is 0 Å². The van der Waals surface area contributed by atoms with Crippen molar-refractivity contribution in [1.82, 2.24) is 0 Å². The summed E-state index contributed by atoms with van der Waals surface area (Å²) in [4.78, 5) is 0. The highest BCUT2D eigenvalue weighted by Crippen LogP contribution is 2.30. The lowest BCUT2D eigenvalue weighted by Gasteiger charge is -2.11. The quantitative estimate of drug-likeness (QED) is 0.767. The van der Waals surface area contributed by atoms with Crippen LogP contribution >= 0.6 is 15.9 Å². The Bertz CT molecular complexity index is 532. The Balaban J connectivity index is 2.18. The number of ether oxygens (including phenoxy) is 1. The Morgan fingerprint density at radius 1 is 1.06 bits per heavy atom. The molecule has 0 saturated heterocycles. The summed E-state index contributed by atoms with van der Waals surface area (Å²) in [5.74, 6) is 0.888. The molecular weight excluding hydrogens is 288 g/mol. The minimum atomic E-state index is 0.577. The first kappa shape index (κ1) is 12.9. The third kappa shape index (κ3) is 3.23. The van der Waals surface area contributed by atoms with Gasteiger partial charge in [-0.3, -0.25) is 0 Å². The van der Waals surface area contributed by atoms with E-state index in [2.05, 4.69) is 28.1 Å². The number of halogens is 1. The number of para-hydroxylation sites is 1. The van der Waals surface area contributed by atoms with E-state index in [1.165, 1.54) is 5.56 Å². The van der Waals surface area contributed by atoms with Crippen LogP contribution < -0.4 is 4.74 Å². The normalized spacial score (nSPS) is 10.8. The molecule has 0 radical (unpaired) electrons. The fourth-order valence-corrected chi connectivity index (χ4v) is 2.21. The molecule has 0 spiro atoms. The van der Waals surface area contributed by atoms with Gasteiger partial charge in [0.15, 0.2) is 0 Å². The van der Waals surface area contributed by atoms with Gasteiger partial charge in [-0.2, -0.15) is 0 Å². The van der Waals surface area contributed by atoms with Gasteiger partial charge in [-0.15, -0.1) is 0 Å². The second kappa shape index (κ2) is 6.41. The lowest BCUT2D eigenvalue weighted by atomic mass is 10.2. The van der Waals surface area contributed by atoms with Gasteiger partial charge in [0.2, 0.25) is 0 Å². The zero-order valence-corrected chi connectivity index (χ0v) is 11.9. The van der Waals surface area contributed by atoms with Gasteiger partial charge >= 0.3 is 0 Å². The summed E-state index contributed by atoms with van der Waals surface area (Å²) in [6, 6.07) is 16.2. The molecule has 0 aliphatic carbocycles. The maximum atomic E-state index is 5.91. The first-order valence-corrected chi connectivity index (χ1v) is 6.68. The summed E-state index contributed by atoms with van der Waals surface area (Å²) < 4.78 is 6.89. The van der Waals surface area contributed by atoms with Crippen molar-refractivity contribution in [2.45, 2.75) is 13.5 Å². The standard InChI is InChI=1S/C16H15BrO/c1-2-7-14-10-6-11-15(17)16(14)18-12-13-8-4-3-5-9-13/h2-11H,12H2,1H3. The van der Waals surface area contributed by atoms with E-state index in [9.17, 15) is 0 Å². The predicted molar refractivity (Wildman–Crippen MR) is 79.6 cm³/mol. The number of benzene rings is 2. The fourth-order valence-electron chi connectivity index (χ4n) is 1.72. The number of hydrogen-bond acceptors (Lipinski definition) is 1. The van der Waals surface area contributed by atoms with Crippen LogP contribution in [0.1, 0.15) is 18.1 Å². The van der Waals surface area contributed by atoms with Crippen molar-refractivity contribution in [2.75, 3.05) is 0 Å². The lowest BCUT2D eigenvalue weighted by molar-refractivity contribution is 0.303. The van der Waals surface area contributed by atoms with Crippen molar-refractivity contribution in [1.29, 1.82) is 0 Å². The van der Waals surface area contributed by atoms with E-state index in [-0.39, 0.29) is 0 Å². The Morgan fingerprint density at radius 3 is 2.56 bits per heavy atom. The van der Waals surface area contributed by atoms with E-state index in [4.69, 9.17) is 4.74 Å². The smallest absolute Gasteiger partial charge is 0.141 e.